The highest BCUT2D eigenvalue weighted by molar-refractivity contribution is 6.08. The first kappa shape index (κ1) is 29.8. The maximum absolute atomic E-state index is 13.5. The van der Waals surface area contributed by atoms with Gasteiger partial charge in [0.2, 0.25) is 0 Å². The summed E-state index contributed by atoms with van der Waals surface area (Å²) in [7, 11) is 2.19. The van der Waals surface area contributed by atoms with Crippen LogP contribution >= 0.6 is 0 Å². The highest BCUT2D eigenvalue weighted by atomic mass is 16.5. The van der Waals surface area contributed by atoms with Gasteiger partial charge in [-0.3, -0.25) is 28.4 Å². The molecule has 11 heteroatoms. The SMILES string of the molecule is Cc1nn(Cc2cc(C)n(C(C)C)n2)c2cccc(NC(=O)c3cnc4cc(OCCN5C[C@@H](C)N(C)[C@@H](C)C5)ccn34)c12. The van der Waals surface area contributed by atoms with Gasteiger partial charge in [-0.05, 0) is 72.9 Å². The minimum Gasteiger partial charge on any atom is -0.492 e. The second-order valence-corrected chi connectivity index (χ2v) is 12.4. The summed E-state index contributed by atoms with van der Waals surface area (Å²) in [5.41, 5.74) is 5.68. The Balaban J connectivity index is 1.14. The number of nitrogens with one attached hydrogen (secondary N) is 1. The standard InChI is InChI=1S/C33H43N9O2/c1-21(2)42-22(3)15-26(37-42)20-41-29-10-8-9-28(32(29)25(6)36-41)35-33(43)30-17-34-31-16-27(11-12-40(30)31)44-14-13-39-18-23(4)38(7)24(5)19-39/h8-12,15-17,21,23-24H,13-14,18-20H2,1-7H3,(H,35,43)/t23-,24+. The van der Waals surface area contributed by atoms with Crippen LogP contribution in [0.3, 0.4) is 0 Å². The van der Waals surface area contributed by atoms with Gasteiger partial charge in [0.1, 0.15) is 23.7 Å². The Morgan fingerprint density at radius 2 is 1.86 bits per heavy atom. The van der Waals surface area contributed by atoms with Gasteiger partial charge in [0.05, 0.1) is 35.3 Å². The van der Waals surface area contributed by atoms with Crippen LogP contribution < -0.4 is 10.1 Å². The predicted octanol–water partition coefficient (Wildman–Crippen LogP) is 4.78. The van der Waals surface area contributed by atoms with E-state index in [1.165, 1.54) is 0 Å². The van der Waals surface area contributed by atoms with E-state index in [-0.39, 0.29) is 5.91 Å². The van der Waals surface area contributed by atoms with Crippen molar-refractivity contribution in [3.05, 3.63) is 71.6 Å². The van der Waals surface area contributed by atoms with E-state index in [9.17, 15) is 4.79 Å². The first-order chi connectivity index (χ1) is 21.1. The molecule has 0 aliphatic carbocycles. The molecule has 0 radical (unpaired) electrons. The van der Waals surface area contributed by atoms with Crippen LogP contribution in [-0.4, -0.2) is 90.0 Å². The molecule has 1 amide bonds. The molecule has 1 N–H and O–H groups in total. The molecule has 2 atom stereocenters. The van der Waals surface area contributed by atoms with Crippen LogP contribution in [0.1, 0.15) is 61.3 Å². The molecule has 1 aliphatic rings. The van der Waals surface area contributed by atoms with E-state index in [0.29, 0.717) is 48.3 Å². The third kappa shape index (κ3) is 5.81. The van der Waals surface area contributed by atoms with Gasteiger partial charge in [0.15, 0.2) is 0 Å². The Morgan fingerprint density at radius 1 is 1.09 bits per heavy atom. The zero-order chi connectivity index (χ0) is 31.1. The number of ether oxygens (including phenoxy) is 1. The van der Waals surface area contributed by atoms with Crippen molar-refractivity contribution in [3.63, 3.8) is 0 Å². The summed E-state index contributed by atoms with van der Waals surface area (Å²) in [6.07, 6.45) is 3.44. The second kappa shape index (κ2) is 12.0. The fourth-order valence-electron chi connectivity index (χ4n) is 6.35. The zero-order valence-electron chi connectivity index (χ0n) is 26.8. The van der Waals surface area contributed by atoms with Gasteiger partial charge in [0, 0.05) is 61.1 Å². The van der Waals surface area contributed by atoms with E-state index >= 15 is 0 Å². The molecule has 6 rings (SSSR count). The molecule has 1 aliphatic heterocycles. The Kier molecular flexibility index (Phi) is 8.17. The monoisotopic (exact) mass is 597 g/mol. The lowest BCUT2D eigenvalue weighted by molar-refractivity contribution is 0.0522. The van der Waals surface area contributed by atoms with Gasteiger partial charge in [-0.1, -0.05) is 6.07 Å². The van der Waals surface area contributed by atoms with E-state index in [1.807, 2.05) is 52.8 Å². The summed E-state index contributed by atoms with van der Waals surface area (Å²) in [4.78, 5) is 22.9. The molecular formula is C33H43N9O2. The normalized spacial score (nSPS) is 18.1. The van der Waals surface area contributed by atoms with Crippen LogP contribution in [0.15, 0.2) is 48.8 Å². The predicted molar refractivity (Wildman–Crippen MR) is 173 cm³/mol. The molecule has 0 bridgehead atoms. The number of aryl methyl sites for hydroxylation is 2. The van der Waals surface area contributed by atoms with Crippen LogP contribution in [0.25, 0.3) is 16.6 Å². The molecule has 5 aromatic rings. The molecule has 1 fully saturated rings. The van der Waals surface area contributed by atoms with Crippen molar-refractivity contribution in [2.45, 2.75) is 66.2 Å². The minimum absolute atomic E-state index is 0.240. The summed E-state index contributed by atoms with van der Waals surface area (Å²) in [6, 6.07) is 13.1. The number of piperazine rings is 1. The fraction of sp³-hybridized carbons (Fsp3) is 0.455. The van der Waals surface area contributed by atoms with Crippen molar-refractivity contribution in [1.82, 2.24) is 38.7 Å². The molecule has 1 saturated heterocycles. The lowest BCUT2D eigenvalue weighted by Crippen LogP contribution is -2.55. The van der Waals surface area contributed by atoms with Crippen LogP contribution in [0.2, 0.25) is 0 Å². The van der Waals surface area contributed by atoms with Crippen molar-refractivity contribution in [3.8, 4) is 5.75 Å². The minimum atomic E-state index is -0.240. The van der Waals surface area contributed by atoms with Crippen LogP contribution in [0, 0.1) is 13.8 Å². The number of rotatable bonds is 9. The number of hydrogen-bond acceptors (Lipinski definition) is 7. The van der Waals surface area contributed by atoms with Gasteiger partial charge in [0.25, 0.3) is 5.91 Å². The lowest BCUT2D eigenvalue weighted by Gasteiger charge is -2.42. The maximum atomic E-state index is 13.5. The second-order valence-electron chi connectivity index (χ2n) is 12.4. The van der Waals surface area contributed by atoms with Crippen molar-refractivity contribution in [2.75, 3.05) is 38.6 Å². The number of carbonyl (C=O) groups excluding carboxylic acids is 1. The number of imidazole rings is 1. The van der Waals surface area contributed by atoms with Crippen LogP contribution in [0.4, 0.5) is 5.69 Å². The summed E-state index contributed by atoms with van der Waals surface area (Å²) >= 11 is 0. The quantitative estimate of drug-likeness (QED) is 0.261. The number of hydrogen-bond donors (Lipinski definition) is 1. The number of aromatic nitrogens is 6. The number of pyridine rings is 1. The van der Waals surface area contributed by atoms with Gasteiger partial charge in [-0.15, -0.1) is 0 Å². The Labute approximate surface area is 258 Å². The molecule has 0 spiro atoms. The molecule has 0 unspecified atom stereocenters. The molecule has 11 nitrogen and oxygen atoms in total. The Bertz CT molecular complexity index is 1790. The van der Waals surface area contributed by atoms with Crippen LogP contribution in [-0.2, 0) is 6.54 Å². The largest absolute Gasteiger partial charge is 0.492 e. The first-order valence-corrected chi connectivity index (χ1v) is 15.5. The fourth-order valence-corrected chi connectivity index (χ4v) is 6.35. The van der Waals surface area contributed by atoms with E-state index < -0.39 is 0 Å². The van der Waals surface area contributed by atoms with Gasteiger partial charge in [-0.25, -0.2) is 4.98 Å². The van der Waals surface area contributed by atoms with Crippen molar-refractivity contribution >= 4 is 28.1 Å². The highest BCUT2D eigenvalue weighted by Gasteiger charge is 2.26. The molecule has 4 aromatic heterocycles. The summed E-state index contributed by atoms with van der Waals surface area (Å²) in [5, 5.41) is 13.6. The molecular weight excluding hydrogens is 554 g/mol. The number of anilines is 1. The number of fused-ring (bicyclic) bond motifs is 2. The first-order valence-electron chi connectivity index (χ1n) is 15.5. The maximum Gasteiger partial charge on any atom is 0.274 e. The number of nitrogens with zero attached hydrogens (tertiary/aromatic N) is 8. The third-order valence-corrected chi connectivity index (χ3v) is 8.80. The average molecular weight is 598 g/mol. The third-order valence-electron chi connectivity index (χ3n) is 8.80. The number of amides is 1. The smallest absolute Gasteiger partial charge is 0.274 e. The van der Waals surface area contributed by atoms with Gasteiger partial charge < -0.3 is 10.1 Å². The average Bonchev–Trinajstić information content (AvgIpc) is 3.67. The zero-order valence-corrected chi connectivity index (χ0v) is 26.8. The Hall–Kier alpha value is -4.22. The highest BCUT2D eigenvalue weighted by Crippen LogP contribution is 2.28. The summed E-state index contributed by atoms with van der Waals surface area (Å²) < 4.78 is 11.8. The van der Waals surface area contributed by atoms with E-state index in [2.05, 4.69) is 67.8 Å². The summed E-state index contributed by atoms with van der Waals surface area (Å²) in [6.45, 7) is 16.9. The van der Waals surface area contributed by atoms with E-state index in [4.69, 9.17) is 14.9 Å². The molecule has 0 saturated carbocycles. The number of benzene rings is 1. The van der Waals surface area contributed by atoms with E-state index in [1.54, 1.807) is 10.6 Å². The number of carbonyl (C=O) groups is 1. The molecule has 44 heavy (non-hydrogen) atoms. The lowest BCUT2D eigenvalue weighted by atomic mass is 10.1. The van der Waals surface area contributed by atoms with Crippen LogP contribution in [0.5, 0.6) is 5.75 Å². The molecule has 5 heterocycles. The summed E-state index contributed by atoms with van der Waals surface area (Å²) in [5.74, 6) is 0.502. The van der Waals surface area contributed by atoms with Crippen molar-refractivity contribution in [1.29, 1.82) is 0 Å². The van der Waals surface area contributed by atoms with Gasteiger partial charge >= 0.3 is 0 Å². The van der Waals surface area contributed by atoms with Gasteiger partial charge in [-0.2, -0.15) is 10.2 Å². The molecule has 1 aromatic carbocycles. The van der Waals surface area contributed by atoms with Crippen molar-refractivity contribution in [2.24, 2.45) is 0 Å². The Morgan fingerprint density at radius 3 is 2.59 bits per heavy atom. The molecule has 232 valence electrons. The van der Waals surface area contributed by atoms with E-state index in [0.717, 1.165) is 53.4 Å². The number of likely N-dealkylation sites (N-methyl/N-ethyl adjacent to an activating group) is 1. The van der Waals surface area contributed by atoms with Crippen molar-refractivity contribution < 1.29 is 9.53 Å². The topological polar surface area (TPSA) is 97.8 Å².